The maximum absolute atomic E-state index is 13.4. The van der Waals surface area contributed by atoms with Crippen LogP contribution in [0, 0.1) is 6.85 Å². The van der Waals surface area contributed by atoms with Crippen LogP contribution in [0.5, 0.6) is 5.75 Å². The zero-order valence-corrected chi connectivity index (χ0v) is 20.5. The summed E-state index contributed by atoms with van der Waals surface area (Å²) in [4.78, 5) is 9.32. The van der Waals surface area contributed by atoms with Gasteiger partial charge in [0.25, 0.3) is 0 Å². The van der Waals surface area contributed by atoms with E-state index in [1.165, 1.54) is 16.9 Å². The minimum Gasteiger partial charge on any atom is -0.492 e. The largest absolute Gasteiger partial charge is 0.492 e. The van der Waals surface area contributed by atoms with Gasteiger partial charge in [0, 0.05) is 54.4 Å². The predicted octanol–water partition coefficient (Wildman–Crippen LogP) is 4.82. The predicted molar refractivity (Wildman–Crippen MR) is 147 cm³/mol. The Morgan fingerprint density at radius 1 is 1.08 bits per heavy atom. The number of anilines is 4. The van der Waals surface area contributed by atoms with E-state index in [1.807, 2.05) is 0 Å². The summed E-state index contributed by atoms with van der Waals surface area (Å²) < 4.78 is 144. The van der Waals surface area contributed by atoms with E-state index in [9.17, 15) is 8.42 Å². The van der Waals surface area contributed by atoms with Crippen molar-refractivity contribution in [1.82, 2.24) is 19.6 Å². The summed E-state index contributed by atoms with van der Waals surface area (Å²) in [6.07, 6.45) is 2.88. The molecule has 37 heavy (non-hydrogen) atoms. The molecule has 198 valence electrons. The van der Waals surface area contributed by atoms with Gasteiger partial charge < -0.3 is 15.4 Å². The van der Waals surface area contributed by atoms with Gasteiger partial charge in [-0.15, -0.1) is 0 Å². The number of nitrogens with zero attached hydrogens (tertiary/aromatic N) is 3. The Bertz CT molecular complexity index is 1750. The van der Waals surface area contributed by atoms with E-state index in [4.69, 9.17) is 23.9 Å². The molecule has 1 aromatic heterocycles. The molecule has 0 aliphatic carbocycles. The molecule has 0 amide bonds. The van der Waals surface area contributed by atoms with E-state index in [0.29, 0.717) is 24.5 Å². The Morgan fingerprint density at radius 2 is 1.86 bits per heavy atom. The fourth-order valence-corrected chi connectivity index (χ4v) is 4.58. The van der Waals surface area contributed by atoms with Gasteiger partial charge in [0.2, 0.25) is 16.0 Å². The van der Waals surface area contributed by atoms with Crippen molar-refractivity contribution in [1.29, 1.82) is 0 Å². The quantitative estimate of drug-likeness (QED) is 0.337. The van der Waals surface area contributed by atoms with Crippen LogP contribution in [0.1, 0.15) is 58.2 Å². The number of nitrogens with one attached hydrogen (secondary N) is 3. The lowest BCUT2D eigenvalue weighted by Gasteiger charge is -2.20. The fourth-order valence-electron chi connectivity index (χ4n) is 3.52. The summed E-state index contributed by atoms with van der Waals surface area (Å²) in [6, 6.07) is 10.8. The molecule has 0 unspecified atom stereocenters. The van der Waals surface area contributed by atoms with Gasteiger partial charge in [0.1, 0.15) is 18.2 Å². The molecule has 3 aromatic rings. The first-order valence-electron chi connectivity index (χ1n) is 18.3. The van der Waals surface area contributed by atoms with Gasteiger partial charge in [-0.2, -0.15) is 4.98 Å². The molecule has 0 bridgehead atoms. The molecule has 1 aliphatic heterocycles. The Morgan fingerprint density at radius 3 is 2.59 bits per heavy atom. The number of hydrogen-bond acceptors (Lipinski definition) is 8. The second-order valence-electron chi connectivity index (χ2n) is 8.25. The topological polar surface area (TPSA) is 108 Å². The molecule has 2 heterocycles. The number of ether oxygens (including phenoxy) is 1. The van der Waals surface area contributed by atoms with Gasteiger partial charge in [-0.25, -0.2) is 18.1 Å². The normalized spacial score (nSPS) is 21.8. The highest BCUT2D eigenvalue weighted by Gasteiger charge is 2.22. The second kappa shape index (κ2) is 11.5. The molecule has 1 fully saturated rings. The summed E-state index contributed by atoms with van der Waals surface area (Å²) >= 11 is 0. The number of rotatable bonds is 10. The van der Waals surface area contributed by atoms with Crippen molar-refractivity contribution in [3.05, 3.63) is 60.3 Å². The van der Waals surface area contributed by atoms with Crippen LogP contribution in [0.25, 0.3) is 0 Å². The van der Waals surface area contributed by atoms with Crippen molar-refractivity contribution < 1.29 is 32.3 Å². The lowest BCUT2D eigenvalue weighted by molar-refractivity contribution is 0.238. The van der Waals surface area contributed by atoms with E-state index in [2.05, 4.69) is 20.6 Å². The molecule has 0 spiro atoms. The number of sulfonamides is 1. The fraction of sp³-hybridized carbons (Fsp3) is 0.407. The molecule has 0 saturated carbocycles. The third kappa shape index (κ3) is 7.88. The Kier molecular flexibility index (Phi) is 4.36. The minimum atomic E-state index is -5.15. The smallest absolute Gasteiger partial charge is 0.241 e. The SMILES string of the molecule is [2H]C([2H])([2H])c1cnc(Nc2ccc(OCC([2H])([2H])N3CCCC3)cc2)nc1Nc1cccc(S(=O)(=O)NC(C([2H])([2H])[2H])(C([2H])([2H])[2H])C([2H])([2H])[2H])c1. The lowest BCUT2D eigenvalue weighted by Crippen LogP contribution is -2.40. The van der Waals surface area contributed by atoms with E-state index >= 15 is 0 Å². The van der Waals surface area contributed by atoms with Crippen molar-refractivity contribution >= 4 is 33.2 Å². The molecule has 10 heteroatoms. The summed E-state index contributed by atoms with van der Waals surface area (Å²) in [7, 11) is -5.15. The third-order valence-corrected chi connectivity index (χ3v) is 6.68. The second-order valence-corrected chi connectivity index (χ2v) is 9.94. The molecule has 4 rings (SSSR count). The summed E-state index contributed by atoms with van der Waals surface area (Å²) in [5, 5.41) is 5.61. The van der Waals surface area contributed by atoms with E-state index in [-0.39, 0.29) is 29.6 Å². The van der Waals surface area contributed by atoms with Gasteiger partial charge in [-0.3, -0.25) is 4.90 Å². The van der Waals surface area contributed by atoms with E-state index in [0.717, 1.165) is 31.2 Å². The zero-order chi connectivity index (χ0) is 38.3. The van der Waals surface area contributed by atoms with Crippen molar-refractivity contribution in [3.63, 3.8) is 0 Å². The first-order chi connectivity index (χ1) is 23.3. The van der Waals surface area contributed by atoms with Gasteiger partial charge in [-0.1, -0.05) is 6.07 Å². The summed E-state index contributed by atoms with van der Waals surface area (Å²) in [5.74, 6) is 0.0523. The van der Waals surface area contributed by atoms with Crippen molar-refractivity contribution in [2.24, 2.45) is 0 Å². The van der Waals surface area contributed by atoms with Crippen molar-refractivity contribution in [3.8, 4) is 5.75 Å². The van der Waals surface area contributed by atoms with Crippen LogP contribution in [0.15, 0.2) is 59.6 Å². The molecule has 1 saturated heterocycles. The van der Waals surface area contributed by atoms with Crippen LogP contribution in [-0.2, 0) is 10.0 Å². The molecular weight excluding hydrogens is 488 g/mol. The van der Waals surface area contributed by atoms with Crippen LogP contribution < -0.4 is 20.1 Å². The summed E-state index contributed by atoms with van der Waals surface area (Å²) in [5.41, 5.74) is -3.87. The Balaban J connectivity index is 1.58. The molecule has 3 N–H and O–H groups in total. The van der Waals surface area contributed by atoms with Crippen molar-refractivity contribution in [2.45, 2.75) is 50.7 Å². The molecule has 1 aliphatic rings. The lowest BCUT2D eigenvalue weighted by atomic mass is 10.1. The number of benzene rings is 2. The Labute approximate surface area is 239 Å². The number of aryl methyl sites for hydroxylation is 1. The van der Waals surface area contributed by atoms with Gasteiger partial charge in [0.15, 0.2) is 0 Å². The standard InChI is InChI=1S/C27H36N6O3S/c1-20-19-28-26(30-21-10-12-23(13-11-21)36-17-16-33-14-5-6-15-33)31-25(20)29-22-8-7-9-24(18-22)37(34,35)32-27(2,3)4/h7-13,18-19,32H,5-6,14-17H2,1-4H3,(H2,28,29,30,31)/i1D3,2D3,3D3,4D3,16D2. The zero-order valence-electron chi connectivity index (χ0n) is 33.7. The molecule has 0 atom stereocenters. The molecule has 9 nitrogen and oxygen atoms in total. The average Bonchev–Trinajstić information content (AvgIpc) is 3.54. The van der Waals surface area contributed by atoms with Crippen molar-refractivity contribution in [2.75, 3.05) is 36.8 Å². The average molecular weight is 539 g/mol. The molecule has 0 radical (unpaired) electrons. The van der Waals surface area contributed by atoms with Crippen LogP contribution in [0.3, 0.4) is 0 Å². The van der Waals surface area contributed by atoms with E-state index < -0.39 is 54.4 Å². The summed E-state index contributed by atoms with van der Waals surface area (Å²) in [6.45, 7) is -14.8. The number of hydrogen-bond donors (Lipinski definition) is 3. The van der Waals surface area contributed by atoms with Crippen LogP contribution >= 0.6 is 0 Å². The highest BCUT2D eigenvalue weighted by atomic mass is 32.2. The monoisotopic (exact) mass is 538 g/mol. The van der Waals surface area contributed by atoms with E-state index in [1.54, 1.807) is 29.2 Å². The first-order valence-corrected chi connectivity index (χ1v) is 12.8. The van der Waals surface area contributed by atoms with Crippen LogP contribution in [-0.4, -0.2) is 55.0 Å². The van der Waals surface area contributed by atoms with Gasteiger partial charge >= 0.3 is 0 Å². The van der Waals surface area contributed by atoms with Gasteiger partial charge in [-0.05, 0) is 95.8 Å². The van der Waals surface area contributed by atoms with Crippen LogP contribution in [0.2, 0.25) is 0 Å². The minimum absolute atomic E-state index is 0.0761. The highest BCUT2D eigenvalue weighted by Crippen LogP contribution is 2.24. The maximum atomic E-state index is 13.4. The van der Waals surface area contributed by atoms with Gasteiger partial charge in [0.05, 0.1) is 4.90 Å². The number of likely N-dealkylation sites (tertiary alicyclic amines) is 1. The maximum Gasteiger partial charge on any atom is 0.241 e. The third-order valence-electron chi connectivity index (χ3n) is 5.23. The molecule has 2 aromatic carbocycles. The number of aromatic nitrogens is 2. The first kappa shape index (κ1) is 14.1. The van der Waals surface area contributed by atoms with Crippen LogP contribution in [0.4, 0.5) is 23.1 Å². The highest BCUT2D eigenvalue weighted by molar-refractivity contribution is 7.89. The Hall–Kier alpha value is -3.21. The molecular formula is C27H36N6O3S.